The Kier molecular flexibility index (Phi) is 10.4. The molecule has 0 bridgehead atoms. The maximum Gasteiger partial charge on any atom is 0.471 e. The highest BCUT2D eigenvalue weighted by Gasteiger charge is 2.43. The predicted octanol–water partition coefficient (Wildman–Crippen LogP) is 4.93. The van der Waals surface area contributed by atoms with Crippen molar-refractivity contribution in [3.8, 4) is 5.75 Å². The molecule has 8 nitrogen and oxygen atoms in total. The first-order chi connectivity index (χ1) is 20.0. The SMILES string of the molecule is CC(O)C(N)(Oc1ccccc1)[C@@H](CO)CC(c1ccc(NC(=O)C(F)(F)F)cc1)c1ccc(NC(=O)C(F)(F)F)cc1. The fourth-order valence-corrected chi connectivity index (χ4v) is 4.35. The minimum Gasteiger partial charge on any atom is -0.470 e. The van der Waals surface area contributed by atoms with Crippen LogP contribution in [0, 0.1) is 5.92 Å². The third-order valence-corrected chi connectivity index (χ3v) is 6.73. The summed E-state index contributed by atoms with van der Waals surface area (Å²) in [5.74, 6) is -5.71. The van der Waals surface area contributed by atoms with Gasteiger partial charge in [-0.15, -0.1) is 0 Å². The van der Waals surface area contributed by atoms with E-state index in [1.165, 1.54) is 55.5 Å². The number of hydrogen-bond donors (Lipinski definition) is 5. The lowest BCUT2D eigenvalue weighted by Gasteiger charge is -2.40. The summed E-state index contributed by atoms with van der Waals surface area (Å²) in [6, 6.07) is 18.8. The molecule has 14 heteroatoms. The van der Waals surface area contributed by atoms with Crippen LogP contribution in [0.1, 0.15) is 30.4 Å². The van der Waals surface area contributed by atoms with Crippen LogP contribution in [0.3, 0.4) is 0 Å². The summed E-state index contributed by atoms with van der Waals surface area (Å²) < 4.78 is 82.1. The molecule has 2 amide bonds. The number of aliphatic hydroxyl groups excluding tert-OH is 2. The minimum atomic E-state index is -5.11. The van der Waals surface area contributed by atoms with Crippen molar-refractivity contribution in [3.63, 3.8) is 0 Å². The van der Waals surface area contributed by atoms with Gasteiger partial charge in [-0.05, 0) is 60.9 Å². The molecular weight excluding hydrogens is 584 g/mol. The molecule has 3 rings (SSSR count). The molecule has 0 aliphatic rings. The van der Waals surface area contributed by atoms with Gasteiger partial charge in [0, 0.05) is 23.2 Å². The highest BCUT2D eigenvalue weighted by Crippen LogP contribution is 2.37. The molecule has 232 valence electrons. The normalized spacial score (nSPS) is 14.9. The number of ether oxygens (including phenoxy) is 1. The van der Waals surface area contributed by atoms with Gasteiger partial charge in [-0.2, -0.15) is 26.3 Å². The second kappa shape index (κ2) is 13.4. The lowest BCUT2D eigenvalue weighted by atomic mass is 9.78. The van der Waals surface area contributed by atoms with Crippen LogP contribution in [0.4, 0.5) is 37.7 Å². The van der Waals surface area contributed by atoms with Crippen molar-refractivity contribution in [1.82, 2.24) is 0 Å². The fourth-order valence-electron chi connectivity index (χ4n) is 4.35. The Morgan fingerprint density at radius 1 is 0.791 bits per heavy atom. The number of anilines is 2. The van der Waals surface area contributed by atoms with Crippen molar-refractivity contribution in [2.75, 3.05) is 17.2 Å². The Morgan fingerprint density at radius 2 is 1.21 bits per heavy atom. The van der Waals surface area contributed by atoms with E-state index in [0.717, 1.165) is 0 Å². The third kappa shape index (κ3) is 8.69. The summed E-state index contributed by atoms with van der Waals surface area (Å²) in [6.45, 7) is 0.793. The third-order valence-electron chi connectivity index (χ3n) is 6.73. The van der Waals surface area contributed by atoms with Crippen molar-refractivity contribution < 1.29 is 50.9 Å². The van der Waals surface area contributed by atoms with Crippen LogP contribution >= 0.6 is 0 Å². The number of rotatable bonds is 11. The molecule has 0 heterocycles. The maximum absolute atomic E-state index is 12.7. The quantitative estimate of drug-likeness (QED) is 0.154. The van der Waals surface area contributed by atoms with Gasteiger partial charge >= 0.3 is 24.2 Å². The maximum atomic E-state index is 12.7. The van der Waals surface area contributed by atoms with Crippen LogP contribution in [0.5, 0.6) is 5.75 Å². The number of carbonyl (C=O) groups excluding carboxylic acids is 2. The van der Waals surface area contributed by atoms with Crippen molar-refractivity contribution in [2.45, 2.75) is 43.4 Å². The molecule has 0 aliphatic carbocycles. The van der Waals surface area contributed by atoms with E-state index in [9.17, 15) is 46.1 Å². The molecule has 0 fully saturated rings. The number of carbonyl (C=O) groups is 2. The molecule has 6 N–H and O–H groups in total. The lowest BCUT2D eigenvalue weighted by molar-refractivity contribution is -0.167. The van der Waals surface area contributed by atoms with Crippen molar-refractivity contribution >= 4 is 23.2 Å². The summed E-state index contributed by atoms with van der Waals surface area (Å²) >= 11 is 0. The van der Waals surface area contributed by atoms with Crippen LogP contribution in [-0.2, 0) is 9.59 Å². The van der Waals surface area contributed by atoms with Crippen molar-refractivity contribution in [3.05, 3.63) is 90.0 Å². The van der Waals surface area contributed by atoms with E-state index in [-0.39, 0.29) is 17.8 Å². The number of aliphatic hydroxyl groups is 2. The molecule has 0 radical (unpaired) electrons. The molecular formula is C29H29F6N3O5. The molecule has 0 aromatic heterocycles. The number of amides is 2. The van der Waals surface area contributed by atoms with Gasteiger partial charge in [-0.25, -0.2) is 0 Å². The Morgan fingerprint density at radius 3 is 1.56 bits per heavy atom. The smallest absolute Gasteiger partial charge is 0.470 e. The zero-order valence-corrected chi connectivity index (χ0v) is 22.6. The Hall–Kier alpha value is -4.14. The summed E-state index contributed by atoms with van der Waals surface area (Å²) in [6.07, 6.45) is -11.6. The molecule has 3 aromatic carbocycles. The number of halogens is 6. The summed E-state index contributed by atoms with van der Waals surface area (Å²) in [7, 11) is 0. The first kappa shape index (κ1) is 33.4. The van der Waals surface area contributed by atoms with E-state index < -0.39 is 54.4 Å². The van der Waals surface area contributed by atoms with E-state index in [0.29, 0.717) is 16.9 Å². The molecule has 43 heavy (non-hydrogen) atoms. The number of nitrogens with one attached hydrogen (secondary N) is 2. The first-order valence-electron chi connectivity index (χ1n) is 12.8. The topological polar surface area (TPSA) is 134 Å². The van der Waals surface area contributed by atoms with Gasteiger partial charge < -0.3 is 25.6 Å². The van der Waals surface area contributed by atoms with Crippen LogP contribution in [-0.4, -0.2) is 52.8 Å². The predicted molar refractivity (Wildman–Crippen MR) is 145 cm³/mol. The zero-order chi connectivity index (χ0) is 32.0. The largest absolute Gasteiger partial charge is 0.471 e. The average Bonchev–Trinajstić information content (AvgIpc) is 2.94. The number of alkyl halides is 6. The second-order valence-corrected chi connectivity index (χ2v) is 9.76. The average molecular weight is 614 g/mol. The Labute approximate surface area is 242 Å². The second-order valence-electron chi connectivity index (χ2n) is 9.76. The highest BCUT2D eigenvalue weighted by atomic mass is 19.4. The highest BCUT2D eigenvalue weighted by molar-refractivity contribution is 5.95. The summed E-state index contributed by atoms with van der Waals surface area (Å²) in [5, 5.41) is 24.5. The van der Waals surface area contributed by atoms with Crippen LogP contribution in [0.25, 0.3) is 0 Å². The van der Waals surface area contributed by atoms with Crippen LogP contribution in [0.2, 0.25) is 0 Å². The zero-order valence-electron chi connectivity index (χ0n) is 22.6. The summed E-state index contributed by atoms with van der Waals surface area (Å²) in [5.41, 5.74) is 5.31. The molecule has 0 aliphatic heterocycles. The Balaban J connectivity index is 1.99. The first-order valence-corrected chi connectivity index (χ1v) is 12.8. The van der Waals surface area contributed by atoms with Crippen molar-refractivity contribution in [1.29, 1.82) is 0 Å². The van der Waals surface area contributed by atoms with E-state index >= 15 is 0 Å². The van der Waals surface area contributed by atoms with E-state index in [1.54, 1.807) is 41.0 Å². The number of hydrogen-bond acceptors (Lipinski definition) is 6. The van der Waals surface area contributed by atoms with E-state index in [4.69, 9.17) is 10.5 Å². The van der Waals surface area contributed by atoms with Gasteiger partial charge in [0.05, 0.1) is 6.61 Å². The standard InChI is InChI=1S/C29H29F6N3O5/c1-17(40)27(36,43-23-5-3-2-4-6-23)20(16-39)15-24(18-7-11-21(12-8-18)37-25(41)28(30,31)32)19-9-13-22(14-10-19)38-26(42)29(33,34)35/h2-14,17,20,24,39-40H,15-16,36H2,1H3,(H,37,41)(H,38,42)/t17?,20-,27?/m1/s1. The monoisotopic (exact) mass is 613 g/mol. The van der Waals surface area contributed by atoms with E-state index in [1.807, 2.05) is 0 Å². The summed E-state index contributed by atoms with van der Waals surface area (Å²) in [4.78, 5) is 22.7. The minimum absolute atomic E-state index is 0.0206. The van der Waals surface area contributed by atoms with E-state index in [2.05, 4.69) is 0 Å². The number of para-hydroxylation sites is 1. The van der Waals surface area contributed by atoms with Crippen LogP contribution < -0.4 is 21.1 Å². The van der Waals surface area contributed by atoms with Crippen molar-refractivity contribution in [2.24, 2.45) is 11.7 Å². The number of benzene rings is 3. The van der Waals surface area contributed by atoms with Gasteiger partial charge in [-0.1, -0.05) is 42.5 Å². The molecule has 0 spiro atoms. The van der Waals surface area contributed by atoms with Gasteiger partial charge in [0.1, 0.15) is 11.9 Å². The molecule has 3 atom stereocenters. The van der Waals surface area contributed by atoms with Gasteiger partial charge in [-0.3, -0.25) is 15.3 Å². The number of nitrogens with two attached hydrogens (primary N) is 1. The molecule has 3 aromatic rings. The molecule has 0 saturated carbocycles. The van der Waals surface area contributed by atoms with Gasteiger partial charge in [0.15, 0.2) is 5.72 Å². The van der Waals surface area contributed by atoms with Gasteiger partial charge in [0.25, 0.3) is 0 Å². The Bertz CT molecular complexity index is 1300. The van der Waals surface area contributed by atoms with Gasteiger partial charge in [0.2, 0.25) is 0 Å². The lowest BCUT2D eigenvalue weighted by Crippen LogP contribution is -2.61. The molecule has 0 saturated heterocycles. The fraction of sp³-hybridized carbons (Fsp3) is 0.310. The molecule has 2 unspecified atom stereocenters. The van der Waals surface area contributed by atoms with Crippen LogP contribution in [0.15, 0.2) is 78.9 Å².